The van der Waals surface area contributed by atoms with Gasteiger partial charge in [0.05, 0.1) is 10.0 Å². The largest absolute Gasteiger partial charge is 0.411 e. The number of alkyl halides is 6. The van der Waals surface area contributed by atoms with Gasteiger partial charge in [-0.05, 0) is 11.6 Å². The van der Waals surface area contributed by atoms with E-state index in [9.17, 15) is 26.3 Å². The van der Waals surface area contributed by atoms with E-state index in [4.69, 9.17) is 23.2 Å². The molecule has 0 amide bonds. The summed E-state index contributed by atoms with van der Waals surface area (Å²) in [5, 5.41) is -1.18. The molecule has 2 aromatic carbocycles. The van der Waals surface area contributed by atoms with E-state index in [1.54, 1.807) is 0 Å². The van der Waals surface area contributed by atoms with Crippen molar-refractivity contribution in [2.75, 3.05) is 0 Å². The van der Waals surface area contributed by atoms with Gasteiger partial charge in [-0.2, -0.15) is 26.3 Å². The third-order valence-electron chi connectivity index (χ3n) is 3.41. The lowest BCUT2D eigenvalue weighted by Crippen LogP contribution is -2.55. The predicted molar refractivity (Wildman–Crippen MR) is 75.8 cm³/mol. The van der Waals surface area contributed by atoms with Gasteiger partial charge in [-0.15, -0.1) is 0 Å². The van der Waals surface area contributed by atoms with Crippen molar-refractivity contribution >= 4 is 23.2 Å². The Bertz CT molecular complexity index is 677. The Balaban J connectivity index is 2.98. The van der Waals surface area contributed by atoms with Gasteiger partial charge in [-0.1, -0.05) is 65.7 Å². The monoisotopic (exact) mass is 372 g/mol. The van der Waals surface area contributed by atoms with Crippen molar-refractivity contribution in [1.82, 2.24) is 0 Å². The standard InChI is InChI=1S/C15H8Cl2F6/c16-11-8-4-7-10(12(11)17)13(14(18,19)20,15(21,22)23)9-5-2-1-3-6-9/h1-8H. The second-order valence-electron chi connectivity index (χ2n) is 4.71. The van der Waals surface area contributed by atoms with Gasteiger partial charge in [0.25, 0.3) is 0 Å². The van der Waals surface area contributed by atoms with Crippen molar-refractivity contribution in [3.05, 3.63) is 69.7 Å². The Morgan fingerprint density at radius 2 is 1.17 bits per heavy atom. The first-order valence-corrected chi connectivity index (χ1v) is 6.92. The fourth-order valence-electron chi connectivity index (χ4n) is 2.43. The third kappa shape index (κ3) is 2.78. The van der Waals surface area contributed by atoms with Crippen molar-refractivity contribution in [2.24, 2.45) is 0 Å². The molecular weight excluding hydrogens is 365 g/mol. The molecule has 0 saturated heterocycles. The Hall–Kier alpha value is -1.40. The fraction of sp³-hybridized carbons (Fsp3) is 0.200. The first kappa shape index (κ1) is 17.9. The average molecular weight is 373 g/mol. The van der Waals surface area contributed by atoms with Gasteiger partial charge in [-0.25, -0.2) is 0 Å². The molecular formula is C15H8Cl2F6. The highest BCUT2D eigenvalue weighted by molar-refractivity contribution is 6.42. The summed E-state index contributed by atoms with van der Waals surface area (Å²) < 4.78 is 82.4. The van der Waals surface area contributed by atoms with Gasteiger partial charge >= 0.3 is 12.4 Å². The van der Waals surface area contributed by atoms with E-state index < -0.39 is 38.9 Å². The van der Waals surface area contributed by atoms with E-state index in [0.29, 0.717) is 6.07 Å². The zero-order valence-electron chi connectivity index (χ0n) is 11.1. The molecule has 0 nitrogen and oxygen atoms in total. The summed E-state index contributed by atoms with van der Waals surface area (Å²) in [6.07, 6.45) is -11.4. The number of hydrogen-bond acceptors (Lipinski definition) is 0. The van der Waals surface area contributed by atoms with Crippen molar-refractivity contribution < 1.29 is 26.3 Å². The molecule has 0 aliphatic heterocycles. The molecule has 8 heteroatoms. The average Bonchev–Trinajstić information content (AvgIpc) is 2.42. The van der Waals surface area contributed by atoms with Crippen LogP contribution >= 0.6 is 23.2 Å². The highest BCUT2D eigenvalue weighted by Crippen LogP contribution is 2.58. The van der Waals surface area contributed by atoms with Crippen LogP contribution in [0.1, 0.15) is 11.1 Å². The molecule has 124 valence electrons. The number of benzene rings is 2. The summed E-state index contributed by atoms with van der Waals surface area (Å²) in [6, 6.07) is 7.84. The molecule has 0 N–H and O–H groups in total. The summed E-state index contributed by atoms with van der Waals surface area (Å²) in [5.74, 6) is 0. The first-order valence-electron chi connectivity index (χ1n) is 6.17. The Morgan fingerprint density at radius 1 is 0.652 bits per heavy atom. The molecule has 0 fully saturated rings. The molecule has 0 atom stereocenters. The van der Waals surface area contributed by atoms with Gasteiger partial charge in [0.2, 0.25) is 5.41 Å². The van der Waals surface area contributed by atoms with Gasteiger partial charge in [-0.3, -0.25) is 0 Å². The molecule has 2 rings (SSSR count). The molecule has 0 aromatic heterocycles. The Labute approximate surface area is 137 Å². The van der Waals surface area contributed by atoms with E-state index in [0.717, 1.165) is 36.4 Å². The van der Waals surface area contributed by atoms with Crippen molar-refractivity contribution in [2.45, 2.75) is 17.8 Å². The van der Waals surface area contributed by atoms with Crippen LogP contribution in [0.3, 0.4) is 0 Å². The van der Waals surface area contributed by atoms with E-state index in [1.165, 1.54) is 6.07 Å². The second-order valence-corrected chi connectivity index (χ2v) is 5.50. The highest BCUT2D eigenvalue weighted by atomic mass is 35.5. The SMILES string of the molecule is FC(F)(F)C(c1ccccc1)(c1cccc(Cl)c1Cl)C(F)(F)F. The van der Waals surface area contributed by atoms with Crippen molar-refractivity contribution in [3.8, 4) is 0 Å². The minimum absolute atomic E-state index is 0.391. The fourth-order valence-corrected chi connectivity index (χ4v) is 2.87. The topological polar surface area (TPSA) is 0 Å². The molecule has 0 spiro atoms. The third-order valence-corrected chi connectivity index (χ3v) is 4.23. The Kier molecular flexibility index (Phi) is 4.61. The number of hydrogen-bond donors (Lipinski definition) is 0. The van der Waals surface area contributed by atoms with Crippen molar-refractivity contribution in [3.63, 3.8) is 0 Å². The van der Waals surface area contributed by atoms with Crippen LogP contribution in [-0.2, 0) is 5.41 Å². The van der Waals surface area contributed by atoms with E-state index in [1.807, 2.05) is 0 Å². The lowest BCUT2D eigenvalue weighted by Gasteiger charge is -2.38. The molecule has 0 saturated carbocycles. The first-order chi connectivity index (χ1) is 10.5. The lowest BCUT2D eigenvalue weighted by atomic mass is 9.73. The van der Waals surface area contributed by atoms with Crippen LogP contribution in [0, 0.1) is 0 Å². The number of halogens is 8. The van der Waals surface area contributed by atoms with Crippen LogP contribution in [0.4, 0.5) is 26.3 Å². The molecule has 2 aromatic rings. The second kappa shape index (κ2) is 5.91. The molecule has 0 radical (unpaired) electrons. The van der Waals surface area contributed by atoms with Gasteiger partial charge < -0.3 is 0 Å². The highest BCUT2D eigenvalue weighted by Gasteiger charge is 2.73. The number of rotatable bonds is 2. The van der Waals surface area contributed by atoms with Crippen molar-refractivity contribution in [1.29, 1.82) is 0 Å². The van der Waals surface area contributed by atoms with Gasteiger partial charge in [0, 0.05) is 5.56 Å². The minimum atomic E-state index is -5.68. The lowest BCUT2D eigenvalue weighted by molar-refractivity contribution is -0.288. The molecule has 0 unspecified atom stereocenters. The maximum absolute atomic E-state index is 13.7. The van der Waals surface area contributed by atoms with Crippen LogP contribution in [-0.4, -0.2) is 12.4 Å². The van der Waals surface area contributed by atoms with E-state index in [2.05, 4.69) is 0 Å². The molecule has 0 aliphatic carbocycles. The molecule has 0 heterocycles. The van der Waals surface area contributed by atoms with Gasteiger partial charge in [0.15, 0.2) is 0 Å². The van der Waals surface area contributed by atoms with Crippen LogP contribution in [0.15, 0.2) is 48.5 Å². The minimum Gasteiger partial charge on any atom is -0.169 e. The van der Waals surface area contributed by atoms with Crippen LogP contribution in [0.5, 0.6) is 0 Å². The molecule has 0 bridgehead atoms. The quantitative estimate of drug-likeness (QED) is 0.534. The van der Waals surface area contributed by atoms with E-state index in [-0.39, 0.29) is 0 Å². The van der Waals surface area contributed by atoms with Gasteiger partial charge in [0.1, 0.15) is 0 Å². The zero-order valence-corrected chi connectivity index (χ0v) is 12.7. The normalized spacial score (nSPS) is 13.2. The molecule has 0 aliphatic rings. The summed E-state index contributed by atoms with van der Waals surface area (Å²) in [4.78, 5) is 0. The summed E-state index contributed by atoms with van der Waals surface area (Å²) in [5.41, 5.74) is -6.41. The predicted octanol–water partition coefficient (Wildman–Crippen LogP) is 6.40. The summed E-state index contributed by atoms with van der Waals surface area (Å²) >= 11 is 11.3. The summed E-state index contributed by atoms with van der Waals surface area (Å²) in [7, 11) is 0. The zero-order chi connectivity index (χ0) is 17.5. The molecule has 23 heavy (non-hydrogen) atoms. The summed E-state index contributed by atoms with van der Waals surface area (Å²) in [6.45, 7) is 0. The van der Waals surface area contributed by atoms with Crippen LogP contribution in [0.25, 0.3) is 0 Å². The smallest absolute Gasteiger partial charge is 0.169 e. The van der Waals surface area contributed by atoms with E-state index >= 15 is 0 Å². The maximum atomic E-state index is 13.7. The van der Waals surface area contributed by atoms with Crippen LogP contribution in [0.2, 0.25) is 10.0 Å². The maximum Gasteiger partial charge on any atom is 0.411 e. The Morgan fingerprint density at radius 3 is 1.65 bits per heavy atom. The van der Waals surface area contributed by atoms with Crippen LogP contribution < -0.4 is 0 Å².